The Morgan fingerprint density at radius 2 is 1.96 bits per heavy atom. The molecule has 3 aromatic heterocycles. The van der Waals surface area contributed by atoms with E-state index in [1.54, 1.807) is 20.0 Å². The van der Waals surface area contributed by atoms with Gasteiger partial charge in [-0.1, -0.05) is 17.7 Å². The molecule has 0 unspecified atom stereocenters. The van der Waals surface area contributed by atoms with Crippen molar-refractivity contribution in [1.29, 1.82) is 5.26 Å². The van der Waals surface area contributed by atoms with E-state index in [9.17, 15) is 10.1 Å². The molecular formula is C33H45ClN10O5. The largest absolute Gasteiger partial charge is 0.510 e. The Morgan fingerprint density at radius 1 is 1.18 bits per heavy atom. The SMILES string of the molecule is CCOC(=O)O[C@H](C)n1nnc(COC[C@@H](C)N[C@H]2CC[C@H](Nc3cc(-c4cccc(NCC5(C#N)CCOCC5)n4)c(Cl)cn3)CC2)n1. The number of halogens is 1. The third-order valence-electron chi connectivity index (χ3n) is 8.70. The van der Waals surface area contributed by atoms with Crippen molar-refractivity contribution in [3.8, 4) is 17.3 Å². The van der Waals surface area contributed by atoms with Crippen LogP contribution < -0.4 is 16.0 Å². The number of hydrogen-bond acceptors (Lipinski definition) is 14. The summed E-state index contributed by atoms with van der Waals surface area (Å²) in [5, 5.41) is 33.1. The molecule has 1 aliphatic heterocycles. The molecule has 2 aliphatic rings. The molecule has 0 spiro atoms. The fourth-order valence-corrected chi connectivity index (χ4v) is 6.14. The Bertz CT molecular complexity index is 1550. The molecule has 2 atom stereocenters. The summed E-state index contributed by atoms with van der Waals surface area (Å²) in [6.07, 6.45) is 5.56. The minimum absolute atomic E-state index is 0.135. The van der Waals surface area contributed by atoms with Gasteiger partial charge in [-0.15, -0.1) is 15.0 Å². The van der Waals surface area contributed by atoms with Crippen LogP contribution >= 0.6 is 11.6 Å². The molecular weight excluding hydrogens is 652 g/mol. The maximum absolute atomic E-state index is 11.5. The lowest BCUT2D eigenvalue weighted by Gasteiger charge is -2.32. The molecule has 1 saturated heterocycles. The number of carbonyl (C=O) groups is 1. The maximum Gasteiger partial charge on any atom is 0.510 e. The zero-order valence-electron chi connectivity index (χ0n) is 28.2. The van der Waals surface area contributed by atoms with Crippen molar-refractivity contribution in [3.63, 3.8) is 0 Å². The molecule has 3 N–H and O–H groups in total. The molecule has 1 aliphatic carbocycles. The van der Waals surface area contributed by atoms with Crippen molar-refractivity contribution in [2.75, 3.05) is 43.6 Å². The van der Waals surface area contributed by atoms with E-state index in [0.29, 0.717) is 61.9 Å². The molecule has 4 heterocycles. The van der Waals surface area contributed by atoms with Crippen molar-refractivity contribution in [2.24, 2.45) is 5.41 Å². The van der Waals surface area contributed by atoms with Gasteiger partial charge < -0.3 is 34.9 Å². The smallest absolute Gasteiger partial charge is 0.435 e. The zero-order valence-corrected chi connectivity index (χ0v) is 29.0. The number of carbonyl (C=O) groups excluding carboxylic acids is 1. The number of rotatable bonds is 15. The number of aromatic nitrogens is 6. The Balaban J connectivity index is 1.04. The van der Waals surface area contributed by atoms with Gasteiger partial charge in [0.25, 0.3) is 0 Å². The van der Waals surface area contributed by atoms with E-state index in [4.69, 9.17) is 35.5 Å². The van der Waals surface area contributed by atoms with Gasteiger partial charge in [-0.05, 0) is 82.7 Å². The van der Waals surface area contributed by atoms with Crippen LogP contribution in [0.15, 0.2) is 30.5 Å². The lowest BCUT2D eigenvalue weighted by Crippen LogP contribution is -2.43. The third kappa shape index (κ3) is 10.4. The first-order valence-corrected chi connectivity index (χ1v) is 17.2. The second kappa shape index (κ2) is 17.5. The van der Waals surface area contributed by atoms with Gasteiger partial charge in [0, 0.05) is 49.6 Å². The van der Waals surface area contributed by atoms with E-state index in [2.05, 4.69) is 49.3 Å². The molecule has 5 rings (SSSR count). The predicted octanol–water partition coefficient (Wildman–Crippen LogP) is 5.13. The molecule has 0 aromatic carbocycles. The summed E-state index contributed by atoms with van der Waals surface area (Å²) in [6.45, 7) is 8.03. The normalized spacial score (nSPS) is 20.1. The Hall–Kier alpha value is -4.10. The van der Waals surface area contributed by atoms with Crippen LogP contribution in [0, 0.1) is 16.7 Å². The number of anilines is 2. The highest BCUT2D eigenvalue weighted by Gasteiger charge is 2.32. The molecule has 49 heavy (non-hydrogen) atoms. The Morgan fingerprint density at radius 3 is 2.71 bits per heavy atom. The van der Waals surface area contributed by atoms with E-state index in [1.807, 2.05) is 24.3 Å². The fourth-order valence-electron chi connectivity index (χ4n) is 5.94. The summed E-state index contributed by atoms with van der Waals surface area (Å²) in [5.41, 5.74) is 1.08. The van der Waals surface area contributed by atoms with Crippen LogP contribution in [0.2, 0.25) is 5.02 Å². The molecule has 2 fully saturated rings. The first kappa shape index (κ1) is 36.2. The van der Waals surface area contributed by atoms with Crippen molar-refractivity contribution in [1.82, 2.24) is 35.5 Å². The number of hydrogen-bond donors (Lipinski definition) is 3. The number of nitrogens with one attached hydrogen (secondary N) is 3. The second-order valence-corrected chi connectivity index (χ2v) is 12.9. The maximum atomic E-state index is 11.5. The summed E-state index contributed by atoms with van der Waals surface area (Å²) in [7, 11) is 0. The lowest BCUT2D eigenvalue weighted by atomic mass is 9.82. The summed E-state index contributed by atoms with van der Waals surface area (Å²) >= 11 is 6.59. The molecule has 0 bridgehead atoms. The third-order valence-corrected chi connectivity index (χ3v) is 9.00. The Labute approximate surface area is 291 Å². The molecule has 0 amide bonds. The van der Waals surface area contributed by atoms with Gasteiger partial charge in [-0.2, -0.15) is 5.26 Å². The van der Waals surface area contributed by atoms with Gasteiger partial charge >= 0.3 is 6.16 Å². The van der Waals surface area contributed by atoms with Gasteiger partial charge in [0.1, 0.15) is 18.2 Å². The zero-order chi connectivity index (χ0) is 34.6. The standard InChI is InChI=1S/C33H45ClN10O5/c1-4-48-32(45)49-23(3)44-42-31(41-43-44)19-47-18-22(2)38-24-8-10-25(11-9-24)39-30-16-26(27(34)17-36-30)28-6-5-7-29(40-28)37-21-33(20-35)12-14-46-15-13-33/h5-7,16-17,22-25,38H,4,8-15,18-19,21H2,1-3H3,(H,36,39)(H,37,40)/t22-,23-,24-,25-/m1/s1. The molecule has 16 heteroatoms. The first-order valence-electron chi connectivity index (χ1n) is 16.8. The molecule has 1 saturated carbocycles. The van der Waals surface area contributed by atoms with Gasteiger partial charge in [0.2, 0.25) is 12.1 Å². The number of nitriles is 1. The van der Waals surface area contributed by atoms with Crippen LogP contribution in [-0.2, 0) is 25.6 Å². The summed E-state index contributed by atoms with van der Waals surface area (Å²) in [4.78, 5) is 22.1. The van der Waals surface area contributed by atoms with E-state index in [1.165, 1.54) is 4.80 Å². The number of pyridine rings is 2. The number of nitrogens with zero attached hydrogens (tertiary/aromatic N) is 7. The van der Waals surface area contributed by atoms with Gasteiger partial charge in [-0.3, -0.25) is 0 Å². The monoisotopic (exact) mass is 696 g/mol. The number of tetrazole rings is 1. The van der Waals surface area contributed by atoms with Gasteiger partial charge in [0.05, 0.1) is 35.4 Å². The van der Waals surface area contributed by atoms with Crippen molar-refractivity contribution in [2.45, 2.75) is 90.3 Å². The summed E-state index contributed by atoms with van der Waals surface area (Å²) in [5.74, 6) is 1.86. The van der Waals surface area contributed by atoms with Crippen LogP contribution in [0.5, 0.6) is 0 Å². The minimum Gasteiger partial charge on any atom is -0.435 e. The Kier molecular flexibility index (Phi) is 12.9. The lowest BCUT2D eigenvalue weighted by molar-refractivity contribution is -0.00552. The quantitative estimate of drug-likeness (QED) is 0.178. The van der Waals surface area contributed by atoms with Crippen molar-refractivity contribution in [3.05, 3.63) is 41.3 Å². The highest BCUT2D eigenvalue weighted by molar-refractivity contribution is 6.33. The first-order chi connectivity index (χ1) is 23.8. The minimum atomic E-state index is -0.785. The van der Waals surface area contributed by atoms with Crippen LogP contribution in [0.1, 0.15) is 71.3 Å². The number of ether oxygens (including phenoxy) is 4. The van der Waals surface area contributed by atoms with Crippen LogP contribution in [0.4, 0.5) is 16.4 Å². The molecule has 15 nitrogen and oxygen atoms in total. The van der Waals surface area contributed by atoms with Gasteiger partial charge in [0.15, 0.2) is 0 Å². The second-order valence-electron chi connectivity index (χ2n) is 12.5. The van der Waals surface area contributed by atoms with Gasteiger partial charge in [-0.25, -0.2) is 14.8 Å². The fraction of sp³-hybridized carbons (Fsp3) is 0.606. The van der Waals surface area contributed by atoms with E-state index >= 15 is 0 Å². The summed E-state index contributed by atoms with van der Waals surface area (Å²) < 4.78 is 21.1. The topological polar surface area (TPSA) is 183 Å². The van der Waals surface area contributed by atoms with Crippen LogP contribution in [0.3, 0.4) is 0 Å². The van der Waals surface area contributed by atoms with Crippen LogP contribution in [0.25, 0.3) is 11.3 Å². The predicted molar refractivity (Wildman–Crippen MR) is 182 cm³/mol. The van der Waals surface area contributed by atoms with E-state index in [0.717, 1.165) is 42.8 Å². The molecule has 264 valence electrons. The average Bonchev–Trinajstić information content (AvgIpc) is 3.59. The van der Waals surface area contributed by atoms with Crippen molar-refractivity contribution < 1.29 is 23.7 Å². The van der Waals surface area contributed by atoms with E-state index < -0.39 is 17.8 Å². The average molecular weight is 697 g/mol. The highest BCUT2D eigenvalue weighted by Crippen LogP contribution is 2.32. The van der Waals surface area contributed by atoms with Crippen LogP contribution in [-0.4, -0.2) is 87.4 Å². The summed E-state index contributed by atoms with van der Waals surface area (Å²) in [6, 6.07) is 11.0. The molecule has 0 radical (unpaired) electrons. The molecule has 3 aromatic rings. The highest BCUT2D eigenvalue weighted by atomic mass is 35.5. The van der Waals surface area contributed by atoms with Crippen molar-refractivity contribution >= 4 is 29.4 Å². The van der Waals surface area contributed by atoms with E-state index in [-0.39, 0.29) is 25.3 Å².